The summed E-state index contributed by atoms with van der Waals surface area (Å²) >= 11 is 0. The van der Waals surface area contributed by atoms with E-state index in [1.165, 1.54) is 17.7 Å². The number of hydrogen-bond acceptors (Lipinski definition) is 2. The van der Waals surface area contributed by atoms with E-state index < -0.39 is 17.2 Å². The van der Waals surface area contributed by atoms with Gasteiger partial charge in [0.05, 0.1) is 0 Å². The van der Waals surface area contributed by atoms with Crippen molar-refractivity contribution in [1.29, 1.82) is 0 Å². The van der Waals surface area contributed by atoms with Gasteiger partial charge in [-0.05, 0) is 36.1 Å². The van der Waals surface area contributed by atoms with Gasteiger partial charge in [0, 0.05) is 31.2 Å². The summed E-state index contributed by atoms with van der Waals surface area (Å²) in [5.74, 6) is -1.13. The molecule has 0 radical (unpaired) electrons. The number of nitrogens with zero attached hydrogens (tertiary/aromatic N) is 1. The molecule has 0 spiro atoms. The Balaban J connectivity index is 1.67. The Labute approximate surface area is 129 Å². The summed E-state index contributed by atoms with van der Waals surface area (Å²) in [7, 11) is 0. The van der Waals surface area contributed by atoms with Crippen molar-refractivity contribution in [1.82, 2.24) is 4.90 Å². The quantitative estimate of drug-likeness (QED) is 0.941. The highest BCUT2D eigenvalue weighted by Gasteiger charge is 2.33. The van der Waals surface area contributed by atoms with Gasteiger partial charge in [0.15, 0.2) is 0 Å². The van der Waals surface area contributed by atoms with Crippen molar-refractivity contribution in [3.63, 3.8) is 0 Å². The molecule has 0 aliphatic carbocycles. The Morgan fingerprint density at radius 3 is 2.14 bits per heavy atom. The van der Waals surface area contributed by atoms with E-state index in [4.69, 9.17) is 5.73 Å². The molecular formula is C18H20F2N2. The summed E-state index contributed by atoms with van der Waals surface area (Å²) in [4.78, 5) is 2.33. The van der Waals surface area contributed by atoms with Crippen LogP contribution in [0, 0.1) is 11.6 Å². The zero-order valence-electron chi connectivity index (χ0n) is 12.4. The molecule has 3 rings (SSSR count). The van der Waals surface area contributed by atoms with Gasteiger partial charge in [-0.2, -0.15) is 0 Å². The number of halogens is 2. The Morgan fingerprint density at radius 2 is 1.55 bits per heavy atom. The molecule has 2 nitrogen and oxygen atoms in total. The van der Waals surface area contributed by atoms with Crippen LogP contribution in [0.15, 0.2) is 48.5 Å². The molecule has 1 aliphatic rings. The van der Waals surface area contributed by atoms with E-state index in [9.17, 15) is 8.78 Å². The summed E-state index contributed by atoms with van der Waals surface area (Å²) in [6.07, 6.45) is 1.39. The monoisotopic (exact) mass is 302 g/mol. The molecule has 0 atom stereocenters. The lowest BCUT2D eigenvalue weighted by molar-refractivity contribution is 0.155. The van der Waals surface area contributed by atoms with E-state index in [2.05, 4.69) is 17.0 Å². The minimum Gasteiger partial charge on any atom is -0.321 e. The lowest BCUT2D eigenvalue weighted by Gasteiger charge is -2.39. The highest BCUT2D eigenvalue weighted by Crippen LogP contribution is 2.31. The first-order chi connectivity index (χ1) is 10.5. The van der Waals surface area contributed by atoms with E-state index in [1.807, 2.05) is 18.2 Å². The number of rotatable bonds is 3. The highest BCUT2D eigenvalue weighted by atomic mass is 19.1. The van der Waals surface area contributed by atoms with Crippen LogP contribution in [0.5, 0.6) is 0 Å². The molecule has 1 fully saturated rings. The summed E-state index contributed by atoms with van der Waals surface area (Å²) < 4.78 is 26.8. The van der Waals surface area contributed by atoms with Crippen LogP contribution in [0.3, 0.4) is 0 Å². The fourth-order valence-corrected chi connectivity index (χ4v) is 3.08. The van der Waals surface area contributed by atoms with Gasteiger partial charge in [0.25, 0.3) is 0 Å². The minimum absolute atomic E-state index is 0.560. The van der Waals surface area contributed by atoms with Crippen molar-refractivity contribution >= 4 is 0 Å². The van der Waals surface area contributed by atoms with Crippen LogP contribution < -0.4 is 5.73 Å². The lowest BCUT2D eigenvalue weighted by atomic mass is 9.81. The largest absolute Gasteiger partial charge is 0.321 e. The van der Waals surface area contributed by atoms with E-state index in [0.29, 0.717) is 18.4 Å². The first kappa shape index (κ1) is 15.1. The van der Waals surface area contributed by atoms with Gasteiger partial charge in [0.2, 0.25) is 0 Å². The first-order valence-electron chi connectivity index (χ1n) is 7.57. The Hall–Kier alpha value is -1.78. The van der Waals surface area contributed by atoms with Crippen molar-refractivity contribution in [2.45, 2.75) is 24.9 Å². The summed E-state index contributed by atoms with van der Waals surface area (Å²) in [5, 5.41) is 0. The predicted molar refractivity (Wildman–Crippen MR) is 83.2 cm³/mol. The van der Waals surface area contributed by atoms with Crippen LogP contribution in [0.1, 0.15) is 24.0 Å². The Morgan fingerprint density at radius 1 is 0.955 bits per heavy atom. The molecule has 1 saturated heterocycles. The molecule has 1 aliphatic heterocycles. The van der Waals surface area contributed by atoms with Crippen LogP contribution in [0.25, 0.3) is 0 Å². The van der Waals surface area contributed by atoms with Crippen LogP contribution in [-0.2, 0) is 12.1 Å². The molecule has 0 amide bonds. The second kappa shape index (κ2) is 6.15. The smallest absolute Gasteiger partial charge is 0.126 e. The number of hydrogen-bond donors (Lipinski definition) is 1. The van der Waals surface area contributed by atoms with Crippen LogP contribution in [0.2, 0.25) is 0 Å². The zero-order chi connectivity index (χ0) is 15.6. The standard InChI is InChI=1S/C18H20F2N2/c19-16-10-15(11-17(20)12-16)18(21)6-8-22(9-7-18)13-14-4-2-1-3-5-14/h1-5,10-12H,6-9,13,21H2. The molecule has 2 aromatic rings. The zero-order valence-corrected chi connectivity index (χ0v) is 12.4. The third-order valence-corrected chi connectivity index (χ3v) is 4.43. The van der Waals surface area contributed by atoms with Crippen molar-refractivity contribution < 1.29 is 8.78 Å². The molecule has 1 heterocycles. The molecular weight excluding hydrogens is 282 g/mol. The van der Waals surface area contributed by atoms with Crippen LogP contribution in [-0.4, -0.2) is 18.0 Å². The molecule has 116 valence electrons. The van der Waals surface area contributed by atoms with Crippen molar-refractivity contribution in [3.05, 3.63) is 71.3 Å². The number of nitrogens with two attached hydrogens (primary N) is 1. The van der Waals surface area contributed by atoms with E-state index in [1.54, 1.807) is 0 Å². The molecule has 4 heteroatoms. The second-order valence-corrected chi connectivity index (χ2v) is 6.08. The number of likely N-dealkylation sites (tertiary alicyclic amines) is 1. The molecule has 2 aromatic carbocycles. The molecule has 0 aromatic heterocycles. The Kier molecular flexibility index (Phi) is 4.23. The van der Waals surface area contributed by atoms with Gasteiger partial charge in [-0.25, -0.2) is 8.78 Å². The maximum absolute atomic E-state index is 13.4. The first-order valence-corrected chi connectivity index (χ1v) is 7.57. The summed E-state index contributed by atoms with van der Waals surface area (Å²) in [6.45, 7) is 2.53. The maximum Gasteiger partial charge on any atom is 0.126 e. The van der Waals surface area contributed by atoms with Gasteiger partial charge in [-0.3, -0.25) is 4.90 Å². The summed E-state index contributed by atoms with van der Waals surface area (Å²) in [5.41, 5.74) is 7.60. The van der Waals surface area contributed by atoms with Crippen molar-refractivity contribution in [3.8, 4) is 0 Å². The van der Waals surface area contributed by atoms with E-state index >= 15 is 0 Å². The van der Waals surface area contributed by atoms with Gasteiger partial charge < -0.3 is 5.73 Å². The highest BCUT2D eigenvalue weighted by molar-refractivity contribution is 5.26. The number of piperidine rings is 1. The van der Waals surface area contributed by atoms with Crippen molar-refractivity contribution in [2.24, 2.45) is 5.73 Å². The molecule has 0 bridgehead atoms. The fraction of sp³-hybridized carbons (Fsp3) is 0.333. The van der Waals surface area contributed by atoms with E-state index in [0.717, 1.165) is 25.7 Å². The molecule has 0 unspecified atom stereocenters. The van der Waals surface area contributed by atoms with Gasteiger partial charge >= 0.3 is 0 Å². The topological polar surface area (TPSA) is 29.3 Å². The third kappa shape index (κ3) is 3.34. The van der Waals surface area contributed by atoms with Crippen molar-refractivity contribution in [2.75, 3.05) is 13.1 Å². The third-order valence-electron chi connectivity index (χ3n) is 4.43. The van der Waals surface area contributed by atoms with E-state index in [-0.39, 0.29) is 0 Å². The minimum atomic E-state index is -0.643. The second-order valence-electron chi connectivity index (χ2n) is 6.08. The SMILES string of the molecule is NC1(c2cc(F)cc(F)c2)CCN(Cc2ccccc2)CC1. The summed E-state index contributed by atoms with van der Waals surface area (Å²) in [6, 6.07) is 13.9. The van der Waals surface area contributed by atoms with Gasteiger partial charge in [0.1, 0.15) is 11.6 Å². The van der Waals surface area contributed by atoms with Crippen LogP contribution in [0.4, 0.5) is 8.78 Å². The average molecular weight is 302 g/mol. The van der Waals surface area contributed by atoms with Gasteiger partial charge in [-0.15, -0.1) is 0 Å². The fourth-order valence-electron chi connectivity index (χ4n) is 3.08. The predicted octanol–water partition coefficient (Wildman–Crippen LogP) is 3.41. The average Bonchev–Trinajstić information content (AvgIpc) is 2.50. The number of benzene rings is 2. The maximum atomic E-state index is 13.4. The molecule has 22 heavy (non-hydrogen) atoms. The van der Waals surface area contributed by atoms with Crippen LogP contribution >= 0.6 is 0 Å². The molecule has 2 N–H and O–H groups in total. The Bertz CT molecular complexity index is 615. The lowest BCUT2D eigenvalue weighted by Crippen LogP contribution is -2.47. The van der Waals surface area contributed by atoms with Gasteiger partial charge in [-0.1, -0.05) is 30.3 Å². The molecule has 0 saturated carbocycles. The normalized spacial score (nSPS) is 18.3.